The number of nitrogens with one attached hydrogen (secondary N) is 2. The van der Waals surface area contributed by atoms with Crippen LogP contribution in [0.15, 0.2) is 18.5 Å². The van der Waals surface area contributed by atoms with E-state index in [4.69, 9.17) is 5.73 Å². The highest BCUT2D eigenvalue weighted by Gasteiger charge is 2.27. The molecule has 0 saturated carbocycles. The van der Waals surface area contributed by atoms with E-state index in [0.717, 1.165) is 10.2 Å². The van der Waals surface area contributed by atoms with Crippen LogP contribution in [0, 0.1) is 5.41 Å². The monoisotopic (exact) mass is 374 g/mol. The summed E-state index contributed by atoms with van der Waals surface area (Å²) < 4.78 is 23.8. The van der Waals surface area contributed by atoms with Crippen LogP contribution in [-0.4, -0.2) is 41.6 Å². The Hall–Kier alpha value is -1.94. The molecule has 1 heterocycles. The Balaban J connectivity index is 2.96. The van der Waals surface area contributed by atoms with Crippen molar-refractivity contribution in [2.75, 3.05) is 6.26 Å². The number of hydrogen-bond donors (Lipinski definition) is 3. The van der Waals surface area contributed by atoms with Gasteiger partial charge in [0, 0.05) is 12.4 Å². The molecule has 24 heavy (non-hydrogen) atoms. The Morgan fingerprint density at radius 3 is 2.38 bits per heavy atom. The molecule has 1 aromatic rings. The minimum absolute atomic E-state index is 0.127. The lowest BCUT2D eigenvalue weighted by Crippen LogP contribution is -2.51. The van der Waals surface area contributed by atoms with Crippen LogP contribution in [0.5, 0.6) is 0 Å². The lowest BCUT2D eigenvalue weighted by atomic mass is 9.87. The third-order valence-corrected chi connectivity index (χ3v) is 4.09. The first-order valence-electron chi connectivity index (χ1n) is 7.09. The molecule has 10 heteroatoms. The fourth-order valence-corrected chi connectivity index (χ4v) is 2.68. The van der Waals surface area contributed by atoms with E-state index in [1.54, 1.807) is 0 Å². The Morgan fingerprint density at radius 1 is 1.38 bits per heavy atom. The number of rotatable bonds is 5. The molecule has 0 aliphatic heterocycles. The average molecular weight is 374 g/mol. The molecule has 134 valence electrons. The molecule has 1 rings (SSSR count). The minimum atomic E-state index is -3.48. The van der Waals surface area contributed by atoms with Gasteiger partial charge >= 0.3 is 0 Å². The third-order valence-electron chi connectivity index (χ3n) is 3.00. The van der Waals surface area contributed by atoms with Crippen LogP contribution >= 0.6 is 12.2 Å². The van der Waals surface area contributed by atoms with Gasteiger partial charge in [-0.1, -0.05) is 20.8 Å². The van der Waals surface area contributed by atoms with E-state index < -0.39 is 27.9 Å². The number of nitrogens with zero attached hydrogens (tertiary/aromatic N) is 1. The predicted molar refractivity (Wildman–Crippen MR) is 94.9 cm³/mol. The Labute approximate surface area is 146 Å². The Morgan fingerprint density at radius 2 is 1.96 bits per heavy atom. The van der Waals surface area contributed by atoms with E-state index in [0.29, 0.717) is 6.42 Å². The second-order valence-electron chi connectivity index (χ2n) is 6.64. The maximum Gasteiger partial charge on any atom is 0.253 e. The number of amides is 2. The number of thiocarbonyl (C=S) groups is 1. The van der Waals surface area contributed by atoms with Gasteiger partial charge in [-0.3, -0.25) is 13.6 Å². The minimum Gasteiger partial charge on any atom is -0.376 e. The largest absolute Gasteiger partial charge is 0.376 e. The number of nitrogens with two attached hydrogens (primary N) is 1. The van der Waals surface area contributed by atoms with E-state index in [1.165, 1.54) is 18.5 Å². The molecule has 0 fully saturated rings. The maximum atomic E-state index is 12.3. The maximum absolute atomic E-state index is 12.3. The average Bonchev–Trinajstić information content (AvgIpc) is 2.84. The molecule has 0 aliphatic rings. The molecule has 1 atom stereocenters. The zero-order valence-electron chi connectivity index (χ0n) is 14.0. The van der Waals surface area contributed by atoms with Crippen LogP contribution in [0.1, 0.15) is 37.6 Å². The summed E-state index contributed by atoms with van der Waals surface area (Å²) in [6.07, 6.45) is 3.81. The molecule has 0 aliphatic carbocycles. The highest BCUT2D eigenvalue weighted by atomic mass is 32.2. The predicted octanol–water partition coefficient (Wildman–Crippen LogP) is 0.190. The summed E-state index contributed by atoms with van der Waals surface area (Å²) in [5.74, 6) is -1.09. The van der Waals surface area contributed by atoms with Crippen molar-refractivity contribution in [3.8, 4) is 0 Å². The quantitative estimate of drug-likeness (QED) is 0.632. The smallest absolute Gasteiger partial charge is 0.253 e. The topological polar surface area (TPSA) is 123 Å². The van der Waals surface area contributed by atoms with Gasteiger partial charge < -0.3 is 16.4 Å². The molecule has 1 aromatic heterocycles. The SMILES string of the molecule is CC(C)(C)CC(NC(=O)c1ccn(S(C)(=O)=O)c1)C(=O)NC(N)=S. The van der Waals surface area contributed by atoms with Crippen LogP contribution in [-0.2, 0) is 14.8 Å². The van der Waals surface area contributed by atoms with Crippen LogP contribution < -0.4 is 16.4 Å². The molecule has 2 amide bonds. The van der Waals surface area contributed by atoms with Gasteiger partial charge in [0.05, 0.1) is 11.8 Å². The van der Waals surface area contributed by atoms with E-state index in [-0.39, 0.29) is 16.1 Å². The zero-order chi connectivity index (χ0) is 18.7. The molecule has 0 radical (unpaired) electrons. The number of carbonyl (C=O) groups excluding carboxylic acids is 2. The summed E-state index contributed by atoms with van der Waals surface area (Å²) in [4.78, 5) is 24.5. The summed E-state index contributed by atoms with van der Waals surface area (Å²) in [5, 5.41) is 4.71. The van der Waals surface area contributed by atoms with Gasteiger partial charge in [-0.2, -0.15) is 0 Å². The van der Waals surface area contributed by atoms with Gasteiger partial charge in [-0.25, -0.2) is 8.42 Å². The number of carbonyl (C=O) groups is 2. The molecule has 4 N–H and O–H groups in total. The summed E-state index contributed by atoms with van der Waals surface area (Å²) in [6.45, 7) is 5.75. The van der Waals surface area contributed by atoms with E-state index >= 15 is 0 Å². The number of hydrogen-bond acceptors (Lipinski definition) is 5. The second kappa shape index (κ2) is 7.31. The van der Waals surface area contributed by atoms with Crippen LogP contribution in [0.25, 0.3) is 0 Å². The summed E-state index contributed by atoms with van der Waals surface area (Å²) in [6, 6.07) is 0.497. The lowest BCUT2D eigenvalue weighted by Gasteiger charge is -2.25. The van der Waals surface area contributed by atoms with Crippen molar-refractivity contribution in [2.45, 2.75) is 33.2 Å². The molecular formula is C14H22N4O4S2. The lowest BCUT2D eigenvalue weighted by molar-refractivity contribution is -0.122. The number of aromatic nitrogens is 1. The summed E-state index contributed by atoms with van der Waals surface area (Å²) in [7, 11) is -3.48. The second-order valence-corrected chi connectivity index (χ2v) is 8.96. The van der Waals surface area contributed by atoms with E-state index in [9.17, 15) is 18.0 Å². The highest BCUT2D eigenvalue weighted by molar-refractivity contribution is 7.89. The van der Waals surface area contributed by atoms with Gasteiger partial charge in [0.1, 0.15) is 6.04 Å². The molecule has 1 unspecified atom stereocenters. The van der Waals surface area contributed by atoms with Gasteiger partial charge in [-0.15, -0.1) is 0 Å². The molecule has 8 nitrogen and oxygen atoms in total. The van der Waals surface area contributed by atoms with Crippen molar-refractivity contribution in [1.29, 1.82) is 0 Å². The molecule has 0 saturated heterocycles. The van der Waals surface area contributed by atoms with E-state index in [2.05, 4.69) is 22.9 Å². The van der Waals surface area contributed by atoms with E-state index in [1.807, 2.05) is 20.8 Å². The first-order valence-corrected chi connectivity index (χ1v) is 9.35. The Kier molecular flexibility index (Phi) is 6.12. The van der Waals surface area contributed by atoms with Crippen LogP contribution in [0.3, 0.4) is 0 Å². The standard InChI is InChI=1S/C14H22N4O4S2/c1-14(2,3)7-10(12(20)17-13(15)23)16-11(19)9-5-6-18(8-9)24(4,21)22/h5-6,8,10H,7H2,1-4H3,(H,16,19)(H3,15,17,20,23). The fourth-order valence-electron chi connectivity index (χ4n) is 1.99. The van der Waals surface area contributed by atoms with Crippen molar-refractivity contribution in [3.63, 3.8) is 0 Å². The van der Waals surface area contributed by atoms with Crippen molar-refractivity contribution in [2.24, 2.45) is 11.1 Å². The van der Waals surface area contributed by atoms with Crippen molar-refractivity contribution < 1.29 is 18.0 Å². The van der Waals surface area contributed by atoms with Crippen LogP contribution in [0.4, 0.5) is 0 Å². The first-order chi connectivity index (χ1) is 10.8. The van der Waals surface area contributed by atoms with Gasteiger partial charge in [0.15, 0.2) is 5.11 Å². The van der Waals surface area contributed by atoms with Gasteiger partial charge in [0.25, 0.3) is 5.91 Å². The first kappa shape index (κ1) is 20.1. The highest BCUT2D eigenvalue weighted by Crippen LogP contribution is 2.21. The normalized spacial score (nSPS) is 13.2. The fraction of sp³-hybridized carbons (Fsp3) is 0.500. The Bertz CT molecular complexity index is 747. The summed E-state index contributed by atoms with van der Waals surface area (Å²) in [5.41, 5.74) is 5.19. The molecule has 0 bridgehead atoms. The van der Waals surface area contributed by atoms with Gasteiger partial charge in [-0.05, 0) is 30.1 Å². The van der Waals surface area contributed by atoms with Crippen molar-refractivity contribution >= 4 is 39.2 Å². The zero-order valence-corrected chi connectivity index (χ0v) is 15.6. The van der Waals surface area contributed by atoms with Gasteiger partial charge in [0.2, 0.25) is 15.9 Å². The summed E-state index contributed by atoms with van der Waals surface area (Å²) >= 11 is 4.65. The third kappa shape index (κ3) is 6.28. The molecule has 0 spiro atoms. The molecular weight excluding hydrogens is 352 g/mol. The van der Waals surface area contributed by atoms with Crippen molar-refractivity contribution in [3.05, 3.63) is 24.0 Å². The van der Waals surface area contributed by atoms with Crippen LogP contribution in [0.2, 0.25) is 0 Å². The molecule has 0 aromatic carbocycles. The van der Waals surface area contributed by atoms with Crippen molar-refractivity contribution in [1.82, 2.24) is 14.6 Å².